The Morgan fingerprint density at radius 2 is 2.23 bits per heavy atom. The largest absolute Gasteiger partial charge is 0.378 e. The minimum atomic E-state index is -0.449. The Bertz CT molecular complexity index is 696. The lowest BCUT2D eigenvalue weighted by molar-refractivity contribution is 0.0755. The summed E-state index contributed by atoms with van der Waals surface area (Å²) in [5.74, 6) is 0.236. The molecule has 0 radical (unpaired) electrons. The van der Waals surface area contributed by atoms with Crippen molar-refractivity contribution in [3.8, 4) is 11.3 Å². The molecule has 3 N–H and O–H groups in total. The lowest BCUT2D eigenvalue weighted by Crippen LogP contribution is -2.35. The van der Waals surface area contributed by atoms with Gasteiger partial charge >= 0.3 is 0 Å². The number of morpholine rings is 1. The van der Waals surface area contributed by atoms with Crippen LogP contribution in [-0.2, 0) is 4.74 Å². The minimum absolute atomic E-state index is 0.0634. The van der Waals surface area contributed by atoms with Gasteiger partial charge in [0.05, 0.1) is 30.6 Å². The second kappa shape index (κ2) is 6.21. The lowest BCUT2D eigenvalue weighted by Gasteiger charge is -2.23. The number of aryl methyl sites for hydroxylation is 1. The molecular formula is C16H18N4O2. The van der Waals surface area contributed by atoms with Crippen molar-refractivity contribution in [2.75, 3.05) is 19.8 Å². The molecule has 2 aromatic rings. The average Bonchev–Trinajstić information content (AvgIpc) is 2.55. The number of aromatic nitrogens is 2. The van der Waals surface area contributed by atoms with Crippen LogP contribution in [-0.4, -0.2) is 35.6 Å². The Morgan fingerprint density at radius 1 is 1.36 bits per heavy atom. The zero-order valence-electron chi connectivity index (χ0n) is 12.4. The summed E-state index contributed by atoms with van der Waals surface area (Å²) < 4.78 is 5.49. The molecule has 1 aliphatic rings. The van der Waals surface area contributed by atoms with Gasteiger partial charge in [-0.15, -0.1) is 0 Å². The summed E-state index contributed by atoms with van der Waals surface area (Å²) in [6.45, 7) is 3.97. The monoisotopic (exact) mass is 298 g/mol. The third kappa shape index (κ3) is 3.13. The smallest absolute Gasteiger partial charge is 0.248 e. The number of nitrogens with one attached hydrogen (secondary N) is 1. The number of rotatable bonds is 3. The van der Waals surface area contributed by atoms with E-state index in [2.05, 4.69) is 15.3 Å². The molecule has 1 fully saturated rings. The van der Waals surface area contributed by atoms with Crippen molar-refractivity contribution in [3.05, 3.63) is 47.4 Å². The van der Waals surface area contributed by atoms with Gasteiger partial charge in [0.15, 0.2) is 0 Å². The van der Waals surface area contributed by atoms with E-state index in [0.29, 0.717) is 24.6 Å². The predicted molar refractivity (Wildman–Crippen MR) is 82.3 cm³/mol. The fraction of sp³-hybridized carbons (Fsp3) is 0.312. The van der Waals surface area contributed by atoms with Gasteiger partial charge in [-0.3, -0.25) is 4.79 Å². The Labute approximate surface area is 128 Å². The van der Waals surface area contributed by atoms with E-state index >= 15 is 0 Å². The van der Waals surface area contributed by atoms with Gasteiger partial charge in [0.25, 0.3) is 0 Å². The maximum atomic E-state index is 11.3. The van der Waals surface area contributed by atoms with E-state index in [0.717, 1.165) is 23.5 Å². The number of primary amides is 1. The van der Waals surface area contributed by atoms with Gasteiger partial charge in [0.1, 0.15) is 5.82 Å². The van der Waals surface area contributed by atoms with Gasteiger partial charge in [-0.25, -0.2) is 9.97 Å². The molecule has 1 aliphatic heterocycles. The van der Waals surface area contributed by atoms with Gasteiger partial charge in [0.2, 0.25) is 5.91 Å². The summed E-state index contributed by atoms with van der Waals surface area (Å²) >= 11 is 0. The van der Waals surface area contributed by atoms with E-state index in [4.69, 9.17) is 10.5 Å². The van der Waals surface area contributed by atoms with Crippen molar-refractivity contribution in [3.63, 3.8) is 0 Å². The summed E-state index contributed by atoms with van der Waals surface area (Å²) in [6.07, 6.45) is 0. The highest BCUT2D eigenvalue weighted by Crippen LogP contribution is 2.22. The predicted octanol–water partition coefficient (Wildman–Crippen LogP) is 1.21. The van der Waals surface area contributed by atoms with E-state index in [1.54, 1.807) is 18.2 Å². The zero-order chi connectivity index (χ0) is 15.5. The quantitative estimate of drug-likeness (QED) is 0.889. The molecule has 114 valence electrons. The SMILES string of the molecule is Cc1nc(-c2cccc(C(N)=O)c2)cc(C2COCCN2)n1. The second-order valence-corrected chi connectivity index (χ2v) is 5.25. The molecule has 22 heavy (non-hydrogen) atoms. The van der Waals surface area contributed by atoms with Crippen LogP contribution in [0.5, 0.6) is 0 Å². The molecule has 1 saturated heterocycles. The number of nitrogens with zero attached hydrogens (tertiary/aromatic N) is 2. The standard InChI is InChI=1S/C16H18N4O2/c1-10-19-13(11-3-2-4-12(7-11)16(17)21)8-14(20-10)15-9-22-6-5-18-15/h2-4,7-8,15,18H,5-6,9H2,1H3,(H2,17,21). The van der Waals surface area contributed by atoms with Crippen LogP contribution in [0.4, 0.5) is 0 Å². The van der Waals surface area contributed by atoms with Crippen LogP contribution in [0.15, 0.2) is 30.3 Å². The first-order valence-corrected chi connectivity index (χ1v) is 7.20. The molecule has 1 amide bonds. The number of benzene rings is 1. The van der Waals surface area contributed by atoms with Crippen molar-refractivity contribution < 1.29 is 9.53 Å². The third-order valence-corrected chi connectivity index (χ3v) is 3.58. The highest BCUT2D eigenvalue weighted by molar-refractivity contribution is 5.94. The second-order valence-electron chi connectivity index (χ2n) is 5.25. The number of carbonyl (C=O) groups is 1. The third-order valence-electron chi connectivity index (χ3n) is 3.58. The number of nitrogens with two attached hydrogens (primary N) is 1. The maximum absolute atomic E-state index is 11.3. The molecule has 2 heterocycles. The Morgan fingerprint density at radius 3 is 2.95 bits per heavy atom. The molecule has 1 aromatic heterocycles. The molecule has 1 aromatic carbocycles. The fourth-order valence-corrected chi connectivity index (χ4v) is 2.50. The van der Waals surface area contributed by atoms with Crippen LogP contribution < -0.4 is 11.1 Å². The summed E-state index contributed by atoms with van der Waals surface area (Å²) in [7, 11) is 0. The average molecular weight is 298 g/mol. The molecule has 6 nitrogen and oxygen atoms in total. The molecule has 3 rings (SSSR count). The number of hydrogen-bond acceptors (Lipinski definition) is 5. The van der Waals surface area contributed by atoms with Crippen molar-refractivity contribution in [1.29, 1.82) is 0 Å². The summed E-state index contributed by atoms with van der Waals surface area (Å²) in [4.78, 5) is 20.3. The van der Waals surface area contributed by atoms with E-state index in [-0.39, 0.29) is 6.04 Å². The molecular weight excluding hydrogens is 280 g/mol. The van der Waals surface area contributed by atoms with Crippen molar-refractivity contribution in [2.24, 2.45) is 5.73 Å². The van der Waals surface area contributed by atoms with Crippen molar-refractivity contribution in [2.45, 2.75) is 13.0 Å². The highest BCUT2D eigenvalue weighted by Gasteiger charge is 2.18. The molecule has 0 saturated carbocycles. The number of hydrogen-bond donors (Lipinski definition) is 2. The number of ether oxygens (including phenoxy) is 1. The Balaban J connectivity index is 1.98. The lowest BCUT2D eigenvalue weighted by atomic mass is 10.1. The van der Waals surface area contributed by atoms with E-state index in [9.17, 15) is 4.79 Å². The van der Waals surface area contributed by atoms with Crippen LogP contribution in [0.3, 0.4) is 0 Å². The fourth-order valence-electron chi connectivity index (χ4n) is 2.50. The van der Waals surface area contributed by atoms with Crippen molar-refractivity contribution >= 4 is 5.91 Å². The van der Waals surface area contributed by atoms with Crippen LogP contribution in [0, 0.1) is 6.92 Å². The molecule has 0 aliphatic carbocycles. The van der Waals surface area contributed by atoms with E-state index in [1.165, 1.54) is 0 Å². The molecule has 1 atom stereocenters. The van der Waals surface area contributed by atoms with Gasteiger partial charge in [-0.2, -0.15) is 0 Å². The Hall–Kier alpha value is -2.31. The molecule has 1 unspecified atom stereocenters. The molecule has 0 spiro atoms. The topological polar surface area (TPSA) is 90.1 Å². The summed E-state index contributed by atoms with van der Waals surface area (Å²) in [5.41, 5.74) is 8.32. The molecule has 6 heteroatoms. The zero-order valence-corrected chi connectivity index (χ0v) is 12.4. The van der Waals surface area contributed by atoms with Crippen molar-refractivity contribution in [1.82, 2.24) is 15.3 Å². The normalized spacial score (nSPS) is 18.1. The van der Waals surface area contributed by atoms with E-state index < -0.39 is 5.91 Å². The van der Waals surface area contributed by atoms with Crippen LogP contribution in [0.25, 0.3) is 11.3 Å². The van der Waals surface area contributed by atoms with Crippen LogP contribution in [0.1, 0.15) is 27.9 Å². The first kappa shape index (κ1) is 14.6. The maximum Gasteiger partial charge on any atom is 0.248 e. The van der Waals surface area contributed by atoms with Gasteiger partial charge in [0, 0.05) is 17.7 Å². The van der Waals surface area contributed by atoms with Gasteiger partial charge in [-0.1, -0.05) is 12.1 Å². The number of carbonyl (C=O) groups excluding carboxylic acids is 1. The highest BCUT2D eigenvalue weighted by atomic mass is 16.5. The van der Waals surface area contributed by atoms with Crippen LogP contribution >= 0.6 is 0 Å². The first-order valence-electron chi connectivity index (χ1n) is 7.20. The first-order chi connectivity index (χ1) is 10.6. The molecule has 0 bridgehead atoms. The Kier molecular flexibility index (Phi) is 4.13. The van der Waals surface area contributed by atoms with Gasteiger partial charge in [-0.05, 0) is 25.1 Å². The summed E-state index contributed by atoms with van der Waals surface area (Å²) in [5, 5.41) is 3.38. The summed E-state index contributed by atoms with van der Waals surface area (Å²) in [6, 6.07) is 9.14. The van der Waals surface area contributed by atoms with Crippen LogP contribution in [0.2, 0.25) is 0 Å². The number of amides is 1. The van der Waals surface area contributed by atoms with Gasteiger partial charge < -0.3 is 15.8 Å². The van der Waals surface area contributed by atoms with E-state index in [1.807, 2.05) is 19.1 Å². The minimum Gasteiger partial charge on any atom is -0.378 e.